The molecule has 3 N–H and O–H groups in total. The summed E-state index contributed by atoms with van der Waals surface area (Å²) in [5.41, 5.74) is 1.99. The predicted molar refractivity (Wildman–Crippen MR) is 104 cm³/mol. The molecular formula is C20H22N4O3. The summed E-state index contributed by atoms with van der Waals surface area (Å²) in [6.07, 6.45) is 0.162. The van der Waals surface area contributed by atoms with Crippen molar-refractivity contribution in [3.63, 3.8) is 0 Å². The van der Waals surface area contributed by atoms with E-state index in [0.717, 1.165) is 5.69 Å². The van der Waals surface area contributed by atoms with E-state index in [0.29, 0.717) is 24.3 Å². The number of hydrogen-bond acceptors (Lipinski definition) is 3. The molecule has 7 heteroatoms. The predicted octanol–water partition coefficient (Wildman–Crippen LogP) is 2.36. The van der Waals surface area contributed by atoms with Crippen LogP contribution < -0.4 is 20.9 Å². The van der Waals surface area contributed by atoms with Crippen LogP contribution in [0.3, 0.4) is 0 Å². The highest BCUT2D eigenvalue weighted by Crippen LogP contribution is 2.19. The molecule has 1 aliphatic heterocycles. The quantitative estimate of drug-likeness (QED) is 0.733. The second-order valence-corrected chi connectivity index (χ2v) is 6.42. The SMILES string of the molecule is CC(CC(=O)Nc1ccc(N2CCNC2=O)cc1)NC(=O)c1ccccc1. The molecule has 1 saturated heterocycles. The molecule has 0 aliphatic carbocycles. The van der Waals surface area contributed by atoms with Gasteiger partial charge in [-0.1, -0.05) is 18.2 Å². The molecule has 3 rings (SSSR count). The Balaban J connectivity index is 1.50. The van der Waals surface area contributed by atoms with Gasteiger partial charge < -0.3 is 16.0 Å². The Morgan fingerprint density at radius 2 is 1.81 bits per heavy atom. The first kappa shape index (κ1) is 18.4. The van der Waals surface area contributed by atoms with Crippen LogP contribution in [0.15, 0.2) is 54.6 Å². The molecule has 0 saturated carbocycles. The molecular weight excluding hydrogens is 344 g/mol. The van der Waals surface area contributed by atoms with Crippen molar-refractivity contribution in [3.8, 4) is 0 Å². The number of amides is 4. The van der Waals surface area contributed by atoms with Gasteiger partial charge in [-0.2, -0.15) is 0 Å². The Hall–Kier alpha value is -3.35. The lowest BCUT2D eigenvalue weighted by molar-refractivity contribution is -0.116. The molecule has 0 radical (unpaired) electrons. The Bertz CT molecular complexity index is 821. The Morgan fingerprint density at radius 3 is 2.44 bits per heavy atom. The van der Waals surface area contributed by atoms with E-state index in [1.54, 1.807) is 60.4 Å². The molecule has 27 heavy (non-hydrogen) atoms. The summed E-state index contributed by atoms with van der Waals surface area (Å²) in [6.45, 7) is 3.04. The van der Waals surface area contributed by atoms with Gasteiger partial charge in [0.25, 0.3) is 5.91 Å². The third-order valence-electron chi connectivity index (χ3n) is 4.22. The van der Waals surface area contributed by atoms with Gasteiger partial charge in [-0.05, 0) is 43.3 Å². The molecule has 1 unspecified atom stereocenters. The first-order valence-electron chi connectivity index (χ1n) is 8.84. The average Bonchev–Trinajstić information content (AvgIpc) is 3.08. The second-order valence-electron chi connectivity index (χ2n) is 6.42. The first-order chi connectivity index (χ1) is 13.0. The molecule has 1 atom stereocenters. The van der Waals surface area contributed by atoms with E-state index in [4.69, 9.17) is 0 Å². The lowest BCUT2D eigenvalue weighted by Crippen LogP contribution is -2.35. The van der Waals surface area contributed by atoms with Crippen LogP contribution in [0.5, 0.6) is 0 Å². The van der Waals surface area contributed by atoms with Crippen LogP contribution in [-0.4, -0.2) is 37.0 Å². The number of urea groups is 1. The average molecular weight is 366 g/mol. The van der Waals surface area contributed by atoms with Gasteiger partial charge in [-0.15, -0.1) is 0 Å². The van der Waals surface area contributed by atoms with Crippen LogP contribution in [0, 0.1) is 0 Å². The minimum absolute atomic E-state index is 0.116. The molecule has 1 heterocycles. The van der Waals surface area contributed by atoms with E-state index in [1.165, 1.54) is 0 Å². The first-order valence-corrected chi connectivity index (χ1v) is 8.84. The van der Waals surface area contributed by atoms with E-state index >= 15 is 0 Å². The highest BCUT2D eigenvalue weighted by Gasteiger charge is 2.21. The molecule has 1 aliphatic rings. The van der Waals surface area contributed by atoms with Crippen molar-refractivity contribution in [2.75, 3.05) is 23.3 Å². The highest BCUT2D eigenvalue weighted by atomic mass is 16.2. The van der Waals surface area contributed by atoms with Gasteiger partial charge in [0.2, 0.25) is 5.91 Å². The van der Waals surface area contributed by atoms with Crippen LogP contribution in [0.25, 0.3) is 0 Å². The van der Waals surface area contributed by atoms with Gasteiger partial charge in [-0.25, -0.2) is 4.79 Å². The third-order valence-corrected chi connectivity index (χ3v) is 4.22. The third kappa shape index (κ3) is 4.84. The highest BCUT2D eigenvalue weighted by molar-refractivity contribution is 5.96. The topological polar surface area (TPSA) is 90.5 Å². The van der Waals surface area contributed by atoms with E-state index in [-0.39, 0.29) is 30.3 Å². The Labute approximate surface area is 157 Å². The fourth-order valence-corrected chi connectivity index (χ4v) is 2.88. The summed E-state index contributed by atoms with van der Waals surface area (Å²) in [4.78, 5) is 37.6. The number of carbonyl (C=O) groups is 3. The number of rotatable bonds is 6. The number of hydrogen-bond donors (Lipinski definition) is 3. The van der Waals surface area contributed by atoms with E-state index in [2.05, 4.69) is 16.0 Å². The van der Waals surface area contributed by atoms with Crippen molar-refractivity contribution in [1.29, 1.82) is 0 Å². The molecule has 140 valence electrons. The van der Waals surface area contributed by atoms with Gasteiger partial charge >= 0.3 is 6.03 Å². The van der Waals surface area contributed by atoms with Crippen molar-refractivity contribution in [1.82, 2.24) is 10.6 Å². The normalized spacial score (nSPS) is 14.4. The number of nitrogens with one attached hydrogen (secondary N) is 3. The molecule has 2 aromatic rings. The van der Waals surface area contributed by atoms with Crippen LogP contribution in [0.4, 0.5) is 16.2 Å². The number of anilines is 2. The summed E-state index contributed by atoms with van der Waals surface area (Å²) < 4.78 is 0. The van der Waals surface area contributed by atoms with E-state index in [9.17, 15) is 14.4 Å². The summed E-state index contributed by atoms with van der Waals surface area (Å²) in [7, 11) is 0. The zero-order chi connectivity index (χ0) is 19.2. The fourth-order valence-electron chi connectivity index (χ4n) is 2.88. The van der Waals surface area contributed by atoms with E-state index in [1.807, 2.05) is 6.07 Å². The molecule has 4 amide bonds. The van der Waals surface area contributed by atoms with Crippen molar-refractivity contribution in [2.45, 2.75) is 19.4 Å². The lowest BCUT2D eigenvalue weighted by atomic mass is 10.1. The van der Waals surface area contributed by atoms with E-state index < -0.39 is 0 Å². The summed E-state index contributed by atoms with van der Waals surface area (Å²) >= 11 is 0. The van der Waals surface area contributed by atoms with Crippen molar-refractivity contribution in [2.24, 2.45) is 0 Å². The minimum Gasteiger partial charge on any atom is -0.349 e. The second kappa shape index (κ2) is 8.35. The summed E-state index contributed by atoms with van der Waals surface area (Å²) in [5.74, 6) is -0.397. The van der Waals surface area contributed by atoms with Crippen LogP contribution in [-0.2, 0) is 4.79 Å². The largest absolute Gasteiger partial charge is 0.349 e. The zero-order valence-corrected chi connectivity index (χ0v) is 15.1. The van der Waals surface area contributed by atoms with Crippen LogP contribution in [0.2, 0.25) is 0 Å². The van der Waals surface area contributed by atoms with Gasteiger partial charge in [0, 0.05) is 42.5 Å². The maximum atomic E-state index is 12.2. The monoisotopic (exact) mass is 366 g/mol. The molecule has 0 bridgehead atoms. The zero-order valence-electron chi connectivity index (χ0n) is 15.1. The Kier molecular flexibility index (Phi) is 5.71. The van der Waals surface area contributed by atoms with Crippen molar-refractivity contribution in [3.05, 3.63) is 60.2 Å². The lowest BCUT2D eigenvalue weighted by Gasteiger charge is -2.16. The van der Waals surface area contributed by atoms with Gasteiger partial charge in [0.1, 0.15) is 0 Å². The van der Waals surface area contributed by atoms with Crippen LogP contribution in [0.1, 0.15) is 23.7 Å². The molecule has 7 nitrogen and oxygen atoms in total. The summed E-state index contributed by atoms with van der Waals surface area (Å²) in [5, 5.41) is 8.37. The maximum Gasteiger partial charge on any atom is 0.321 e. The maximum absolute atomic E-state index is 12.2. The van der Waals surface area contributed by atoms with Gasteiger partial charge in [0.05, 0.1) is 0 Å². The van der Waals surface area contributed by atoms with Gasteiger partial charge in [0.15, 0.2) is 0 Å². The Morgan fingerprint density at radius 1 is 1.11 bits per heavy atom. The minimum atomic E-state index is -0.301. The molecule has 0 spiro atoms. The van der Waals surface area contributed by atoms with Crippen LogP contribution >= 0.6 is 0 Å². The van der Waals surface area contributed by atoms with Gasteiger partial charge in [-0.3, -0.25) is 14.5 Å². The standard InChI is InChI=1S/C20H22N4O3/c1-14(22-19(26)15-5-3-2-4-6-15)13-18(25)23-16-7-9-17(10-8-16)24-12-11-21-20(24)27/h2-10,14H,11-13H2,1H3,(H,21,27)(H,22,26)(H,23,25). The molecule has 2 aromatic carbocycles. The number of benzene rings is 2. The van der Waals surface area contributed by atoms with Crippen molar-refractivity contribution < 1.29 is 14.4 Å². The number of nitrogens with zero attached hydrogens (tertiary/aromatic N) is 1. The molecule has 1 fully saturated rings. The smallest absolute Gasteiger partial charge is 0.321 e. The van der Waals surface area contributed by atoms with Crippen molar-refractivity contribution >= 4 is 29.2 Å². The summed E-state index contributed by atoms with van der Waals surface area (Å²) in [6, 6.07) is 15.6. The number of carbonyl (C=O) groups excluding carboxylic acids is 3. The molecule has 0 aromatic heterocycles. The fraction of sp³-hybridized carbons (Fsp3) is 0.250.